The van der Waals surface area contributed by atoms with E-state index in [2.05, 4.69) is 10.6 Å². The first-order valence-electron chi connectivity index (χ1n) is 8.34. The van der Waals surface area contributed by atoms with Crippen LogP contribution in [0.1, 0.15) is 12.8 Å². The third-order valence-electron chi connectivity index (χ3n) is 4.51. The molecular formula is C19H22ClF2N3O. The van der Waals surface area contributed by atoms with Crippen LogP contribution in [0, 0.1) is 11.6 Å². The Balaban J connectivity index is 0.00000243. The average Bonchev–Trinajstić information content (AvgIpc) is 2.61. The Morgan fingerprint density at radius 1 is 1.04 bits per heavy atom. The van der Waals surface area contributed by atoms with Gasteiger partial charge in [-0.05, 0) is 61.3 Å². The molecule has 26 heavy (non-hydrogen) atoms. The van der Waals surface area contributed by atoms with Crippen LogP contribution in [0.2, 0.25) is 0 Å². The summed E-state index contributed by atoms with van der Waals surface area (Å²) >= 11 is 0. The molecule has 1 saturated heterocycles. The number of carbonyl (C=O) groups excluding carboxylic acids is 1. The molecule has 2 amide bonds. The molecule has 7 heteroatoms. The maximum Gasteiger partial charge on any atom is 0.321 e. The van der Waals surface area contributed by atoms with Crippen molar-refractivity contribution in [3.8, 4) is 11.1 Å². The molecule has 0 spiro atoms. The number of piperidine rings is 1. The minimum absolute atomic E-state index is 0. The fourth-order valence-corrected chi connectivity index (χ4v) is 3.04. The Kier molecular flexibility index (Phi) is 6.94. The lowest BCUT2D eigenvalue weighted by molar-refractivity contribution is 0.189. The second kappa shape index (κ2) is 8.96. The molecular weight excluding hydrogens is 360 g/mol. The largest absolute Gasteiger partial charge is 0.325 e. The lowest BCUT2D eigenvalue weighted by Crippen LogP contribution is -2.45. The summed E-state index contributed by atoms with van der Waals surface area (Å²) < 4.78 is 26.6. The van der Waals surface area contributed by atoms with E-state index in [1.165, 1.54) is 12.1 Å². The normalized spacial score (nSPS) is 14.4. The van der Waals surface area contributed by atoms with E-state index in [0.717, 1.165) is 32.0 Å². The molecule has 0 unspecified atom stereocenters. The number of halogens is 3. The lowest BCUT2D eigenvalue weighted by atomic mass is 10.0. The summed E-state index contributed by atoms with van der Waals surface area (Å²) in [6.07, 6.45) is 1.88. The lowest BCUT2D eigenvalue weighted by Gasteiger charge is -2.31. The van der Waals surface area contributed by atoms with Crippen LogP contribution in [0.3, 0.4) is 0 Å². The van der Waals surface area contributed by atoms with Crippen molar-refractivity contribution in [2.75, 3.05) is 25.5 Å². The molecule has 4 nitrogen and oxygen atoms in total. The van der Waals surface area contributed by atoms with Crippen LogP contribution >= 0.6 is 12.4 Å². The highest BCUT2D eigenvalue weighted by Crippen LogP contribution is 2.23. The number of carbonyl (C=O) groups is 1. The van der Waals surface area contributed by atoms with E-state index in [4.69, 9.17) is 0 Å². The fourth-order valence-electron chi connectivity index (χ4n) is 3.04. The third-order valence-corrected chi connectivity index (χ3v) is 4.51. The SMILES string of the molecule is CN(C(=O)Nc1ccc(-c2cc(F)cc(F)c2)cc1)C1CCNCC1.Cl. The maximum atomic E-state index is 13.3. The van der Waals surface area contributed by atoms with Crippen molar-refractivity contribution in [3.05, 3.63) is 54.1 Å². The molecule has 1 aliphatic heterocycles. The van der Waals surface area contributed by atoms with Gasteiger partial charge in [0.15, 0.2) is 0 Å². The van der Waals surface area contributed by atoms with Gasteiger partial charge in [0.1, 0.15) is 11.6 Å². The average molecular weight is 382 g/mol. The number of hydrogen-bond acceptors (Lipinski definition) is 2. The molecule has 2 aromatic carbocycles. The van der Waals surface area contributed by atoms with Gasteiger partial charge in [-0.2, -0.15) is 0 Å². The van der Waals surface area contributed by atoms with Crippen LogP contribution in [0.25, 0.3) is 11.1 Å². The minimum atomic E-state index is -0.615. The summed E-state index contributed by atoms with van der Waals surface area (Å²) in [5.74, 6) is -1.23. The predicted octanol–water partition coefficient (Wildman–Crippen LogP) is 4.27. The summed E-state index contributed by atoms with van der Waals surface area (Å²) in [5.41, 5.74) is 1.79. The van der Waals surface area contributed by atoms with Crippen molar-refractivity contribution < 1.29 is 13.6 Å². The van der Waals surface area contributed by atoms with Crippen LogP contribution in [-0.2, 0) is 0 Å². The number of rotatable bonds is 3. The van der Waals surface area contributed by atoms with E-state index in [0.29, 0.717) is 16.8 Å². The molecule has 1 aliphatic rings. The van der Waals surface area contributed by atoms with Gasteiger partial charge in [0.05, 0.1) is 0 Å². The quantitative estimate of drug-likeness (QED) is 0.834. The summed E-state index contributed by atoms with van der Waals surface area (Å²) in [6.45, 7) is 1.84. The predicted molar refractivity (Wildman–Crippen MR) is 102 cm³/mol. The van der Waals surface area contributed by atoms with Crippen LogP contribution in [0.5, 0.6) is 0 Å². The van der Waals surface area contributed by atoms with E-state index in [9.17, 15) is 13.6 Å². The first-order chi connectivity index (χ1) is 12.0. The van der Waals surface area contributed by atoms with Crippen molar-refractivity contribution in [2.45, 2.75) is 18.9 Å². The van der Waals surface area contributed by atoms with Crippen LogP contribution in [-0.4, -0.2) is 37.1 Å². The zero-order valence-corrected chi connectivity index (χ0v) is 15.3. The van der Waals surface area contributed by atoms with E-state index < -0.39 is 11.6 Å². The van der Waals surface area contributed by atoms with E-state index in [1.807, 2.05) is 0 Å². The first-order valence-corrected chi connectivity index (χ1v) is 8.34. The molecule has 2 aromatic rings. The van der Waals surface area contributed by atoms with Gasteiger partial charge in [0.2, 0.25) is 0 Å². The van der Waals surface area contributed by atoms with Gasteiger partial charge in [-0.15, -0.1) is 12.4 Å². The Bertz CT molecular complexity index is 729. The smallest absolute Gasteiger partial charge is 0.321 e. The highest BCUT2D eigenvalue weighted by molar-refractivity contribution is 5.89. The van der Waals surface area contributed by atoms with Crippen molar-refractivity contribution in [2.24, 2.45) is 0 Å². The topological polar surface area (TPSA) is 44.4 Å². The van der Waals surface area contributed by atoms with Crippen molar-refractivity contribution in [1.82, 2.24) is 10.2 Å². The molecule has 0 atom stereocenters. The zero-order chi connectivity index (χ0) is 17.8. The Morgan fingerprint density at radius 2 is 1.62 bits per heavy atom. The van der Waals surface area contributed by atoms with E-state index in [1.54, 1.807) is 36.2 Å². The molecule has 1 fully saturated rings. The summed E-state index contributed by atoms with van der Waals surface area (Å²) in [7, 11) is 1.80. The second-order valence-corrected chi connectivity index (χ2v) is 6.26. The number of amides is 2. The maximum absolute atomic E-state index is 13.3. The Labute approximate surface area is 158 Å². The van der Waals surface area contributed by atoms with Gasteiger partial charge in [-0.3, -0.25) is 0 Å². The first kappa shape index (κ1) is 20.1. The van der Waals surface area contributed by atoms with Gasteiger partial charge < -0.3 is 15.5 Å². The van der Waals surface area contributed by atoms with Gasteiger partial charge in [-0.1, -0.05) is 12.1 Å². The molecule has 140 valence electrons. The van der Waals surface area contributed by atoms with E-state index in [-0.39, 0.29) is 24.5 Å². The molecule has 0 aromatic heterocycles. The van der Waals surface area contributed by atoms with E-state index >= 15 is 0 Å². The number of hydrogen-bond donors (Lipinski definition) is 2. The van der Waals surface area contributed by atoms with Crippen molar-refractivity contribution in [3.63, 3.8) is 0 Å². The van der Waals surface area contributed by atoms with Crippen molar-refractivity contribution in [1.29, 1.82) is 0 Å². The van der Waals surface area contributed by atoms with Gasteiger partial charge in [0.25, 0.3) is 0 Å². The second-order valence-electron chi connectivity index (χ2n) is 6.26. The molecule has 1 heterocycles. The Hall–Kier alpha value is -2.18. The number of urea groups is 1. The summed E-state index contributed by atoms with van der Waals surface area (Å²) in [6, 6.07) is 10.4. The van der Waals surface area contributed by atoms with Crippen LogP contribution in [0.4, 0.5) is 19.3 Å². The number of anilines is 1. The number of nitrogens with zero attached hydrogens (tertiary/aromatic N) is 1. The molecule has 0 bridgehead atoms. The highest BCUT2D eigenvalue weighted by atomic mass is 35.5. The van der Waals surface area contributed by atoms with Gasteiger partial charge >= 0.3 is 6.03 Å². The molecule has 0 radical (unpaired) electrons. The fraction of sp³-hybridized carbons (Fsp3) is 0.316. The molecule has 0 saturated carbocycles. The van der Waals surface area contributed by atoms with Crippen molar-refractivity contribution >= 4 is 24.1 Å². The van der Waals surface area contributed by atoms with Crippen LogP contribution < -0.4 is 10.6 Å². The minimum Gasteiger partial charge on any atom is -0.325 e. The Morgan fingerprint density at radius 3 is 2.19 bits per heavy atom. The number of nitrogens with one attached hydrogen (secondary N) is 2. The van der Waals surface area contributed by atoms with Gasteiger partial charge in [0, 0.05) is 24.8 Å². The number of benzene rings is 2. The molecule has 3 rings (SSSR count). The standard InChI is InChI=1S/C19H21F2N3O.ClH/c1-24(18-6-8-22-9-7-18)19(25)23-17-4-2-13(3-5-17)14-10-15(20)12-16(21)11-14;/h2-5,10-12,18,22H,6-9H2,1H3,(H,23,25);1H. The third kappa shape index (κ3) is 4.93. The zero-order valence-electron chi connectivity index (χ0n) is 14.5. The summed E-state index contributed by atoms with van der Waals surface area (Å²) in [4.78, 5) is 14.1. The van der Waals surface area contributed by atoms with Gasteiger partial charge in [-0.25, -0.2) is 13.6 Å². The highest BCUT2D eigenvalue weighted by Gasteiger charge is 2.21. The summed E-state index contributed by atoms with van der Waals surface area (Å²) in [5, 5.41) is 6.13. The monoisotopic (exact) mass is 381 g/mol. The van der Waals surface area contributed by atoms with Crippen LogP contribution in [0.15, 0.2) is 42.5 Å². The molecule has 2 N–H and O–H groups in total. The molecule has 0 aliphatic carbocycles.